The molecule has 0 aliphatic rings. The summed E-state index contributed by atoms with van der Waals surface area (Å²) in [4.78, 5) is 11.7. The average molecular weight is 324 g/mol. The molecule has 23 heavy (non-hydrogen) atoms. The molecule has 0 amide bonds. The van der Waals surface area contributed by atoms with E-state index in [9.17, 15) is 19.7 Å². The Morgan fingerprint density at radius 2 is 1.22 bits per heavy atom. The number of aromatic hydroxyl groups is 2. The van der Waals surface area contributed by atoms with Crippen molar-refractivity contribution in [1.29, 1.82) is 0 Å². The van der Waals surface area contributed by atoms with E-state index in [4.69, 9.17) is 0 Å². The first-order chi connectivity index (χ1) is 11.1. The fraction of sp³-hybridized carbons (Fsp3) is 0. The number of phenolic OH excluding ortho intramolecular Hbond substituents is 2. The number of para-hydroxylation sites is 2. The largest absolute Gasteiger partial charge is 0.591 e. The number of phenols is 2. The van der Waals surface area contributed by atoms with E-state index in [1.54, 1.807) is 48.5 Å². The summed E-state index contributed by atoms with van der Waals surface area (Å²) in [5, 5.41) is 20.4. The zero-order chi connectivity index (χ0) is 16.4. The van der Waals surface area contributed by atoms with Crippen LogP contribution in [0.1, 0.15) is 0 Å². The molecule has 0 aromatic heterocycles. The zero-order valence-corrected chi connectivity index (χ0v) is 12.9. The van der Waals surface area contributed by atoms with E-state index in [2.05, 4.69) is 0 Å². The maximum atomic E-state index is 11.7. The Hall–Kier alpha value is -2.68. The highest BCUT2D eigenvalue weighted by Gasteiger charge is 2.23. The van der Waals surface area contributed by atoms with Gasteiger partial charge in [0.1, 0.15) is 11.5 Å². The molecule has 3 aromatic carbocycles. The van der Waals surface area contributed by atoms with Gasteiger partial charge < -0.3 is 15.1 Å². The molecule has 0 spiro atoms. The summed E-state index contributed by atoms with van der Waals surface area (Å²) in [6.45, 7) is 0. The molecular formula is C18H13O4P. The van der Waals surface area contributed by atoms with Gasteiger partial charge in [-0.15, -0.1) is 0 Å². The second kappa shape index (κ2) is 6.21. The van der Waals surface area contributed by atoms with Gasteiger partial charge in [-0.05, 0) is 23.8 Å². The number of benzene rings is 3. The van der Waals surface area contributed by atoms with Gasteiger partial charge in [0.25, 0.3) is 0 Å². The van der Waals surface area contributed by atoms with Gasteiger partial charge in [0.2, 0.25) is 0 Å². The van der Waals surface area contributed by atoms with Crippen LogP contribution >= 0.6 is 8.03 Å². The molecule has 0 saturated heterocycles. The highest BCUT2D eigenvalue weighted by atomic mass is 31.1. The maximum absolute atomic E-state index is 11.7. The lowest BCUT2D eigenvalue weighted by Gasteiger charge is -2.13. The number of hydrogen-bond acceptors (Lipinski definition) is 4. The third-order valence-corrected chi connectivity index (χ3v) is 4.37. The van der Waals surface area contributed by atoms with E-state index in [1.165, 1.54) is 18.2 Å². The van der Waals surface area contributed by atoms with E-state index < -0.39 is 8.03 Å². The normalized spacial score (nSPS) is 11.3. The lowest BCUT2D eigenvalue weighted by atomic mass is 9.93. The van der Waals surface area contributed by atoms with Gasteiger partial charge in [-0.1, -0.05) is 53.1 Å². The van der Waals surface area contributed by atoms with Crippen LogP contribution in [0, 0.1) is 0 Å². The Labute approximate surface area is 134 Å². The SMILES string of the molecule is O=[P+]([O-])c1cccc(-c2ccccc2O)c1-c1ccccc1O. The van der Waals surface area contributed by atoms with Crippen molar-refractivity contribution in [2.45, 2.75) is 0 Å². The van der Waals surface area contributed by atoms with Crippen LogP contribution in [0.3, 0.4) is 0 Å². The number of hydrogen-bond donors (Lipinski definition) is 2. The molecule has 0 bridgehead atoms. The lowest BCUT2D eigenvalue weighted by molar-refractivity contribution is -0.160. The average Bonchev–Trinajstić information content (AvgIpc) is 2.55. The molecule has 3 rings (SSSR count). The van der Waals surface area contributed by atoms with Crippen LogP contribution in [0.15, 0.2) is 66.7 Å². The second-order valence-corrected chi connectivity index (χ2v) is 5.99. The van der Waals surface area contributed by atoms with Crippen LogP contribution in [0.25, 0.3) is 22.3 Å². The third-order valence-electron chi connectivity index (χ3n) is 3.61. The summed E-state index contributed by atoms with van der Waals surface area (Å²) >= 11 is 0. The highest BCUT2D eigenvalue weighted by Crippen LogP contribution is 2.40. The van der Waals surface area contributed by atoms with Crippen molar-refractivity contribution in [3.05, 3.63) is 66.7 Å². The predicted molar refractivity (Wildman–Crippen MR) is 87.9 cm³/mol. The molecule has 1 unspecified atom stereocenters. The van der Waals surface area contributed by atoms with E-state index >= 15 is 0 Å². The Kier molecular flexibility index (Phi) is 4.11. The molecule has 0 saturated carbocycles. The van der Waals surface area contributed by atoms with Gasteiger partial charge in [0, 0.05) is 16.7 Å². The summed E-state index contributed by atoms with van der Waals surface area (Å²) in [7, 11) is -2.86. The van der Waals surface area contributed by atoms with Gasteiger partial charge >= 0.3 is 8.03 Å². The molecule has 0 heterocycles. The quantitative estimate of drug-likeness (QED) is 0.725. The topological polar surface area (TPSA) is 80.6 Å². The molecule has 0 fully saturated rings. The van der Waals surface area contributed by atoms with Crippen molar-refractivity contribution in [1.82, 2.24) is 0 Å². The first kappa shape index (κ1) is 15.2. The Morgan fingerprint density at radius 3 is 1.78 bits per heavy atom. The molecule has 4 nitrogen and oxygen atoms in total. The highest BCUT2D eigenvalue weighted by molar-refractivity contribution is 7.46. The summed E-state index contributed by atoms with van der Waals surface area (Å²) in [5.74, 6) is 0.0240. The van der Waals surface area contributed by atoms with Crippen molar-refractivity contribution in [3.8, 4) is 33.8 Å². The monoisotopic (exact) mass is 324 g/mol. The molecule has 5 heteroatoms. The van der Waals surface area contributed by atoms with Crippen molar-refractivity contribution in [2.75, 3.05) is 0 Å². The molecule has 0 aliphatic carbocycles. The van der Waals surface area contributed by atoms with Gasteiger partial charge in [0.15, 0.2) is 5.30 Å². The first-order valence-corrected chi connectivity index (χ1v) is 8.11. The van der Waals surface area contributed by atoms with Gasteiger partial charge in [-0.2, -0.15) is 0 Å². The van der Waals surface area contributed by atoms with E-state index in [-0.39, 0.29) is 16.8 Å². The summed E-state index contributed by atoms with van der Waals surface area (Å²) in [6.07, 6.45) is 0. The fourth-order valence-corrected chi connectivity index (χ4v) is 3.22. The summed E-state index contributed by atoms with van der Waals surface area (Å²) in [5.41, 5.74) is 1.83. The molecule has 0 radical (unpaired) electrons. The van der Waals surface area contributed by atoms with Crippen molar-refractivity contribution >= 4 is 13.3 Å². The third kappa shape index (κ3) is 2.82. The number of rotatable bonds is 3. The molecule has 114 valence electrons. The molecule has 2 N–H and O–H groups in total. The van der Waals surface area contributed by atoms with Gasteiger partial charge in [0.05, 0.1) is 0 Å². The van der Waals surface area contributed by atoms with Crippen LogP contribution in [0.5, 0.6) is 11.5 Å². The van der Waals surface area contributed by atoms with E-state index in [1.807, 2.05) is 0 Å². The minimum absolute atomic E-state index is 0.0199. The van der Waals surface area contributed by atoms with Gasteiger partial charge in [-0.3, -0.25) is 0 Å². The Morgan fingerprint density at radius 1 is 0.696 bits per heavy atom. The summed E-state index contributed by atoms with van der Waals surface area (Å²) < 4.78 is 11.7. The van der Waals surface area contributed by atoms with Crippen molar-refractivity contribution in [2.24, 2.45) is 0 Å². The van der Waals surface area contributed by atoms with E-state index in [0.717, 1.165) is 0 Å². The van der Waals surface area contributed by atoms with Crippen LogP contribution in [-0.2, 0) is 4.57 Å². The molecule has 1 atom stereocenters. The Bertz CT molecular complexity index is 890. The van der Waals surface area contributed by atoms with Gasteiger partial charge in [-0.25, -0.2) is 0 Å². The first-order valence-electron chi connectivity index (χ1n) is 6.93. The maximum Gasteiger partial charge on any atom is 0.349 e. The molecular weight excluding hydrogens is 311 g/mol. The van der Waals surface area contributed by atoms with E-state index in [0.29, 0.717) is 22.3 Å². The standard InChI is InChI=1S/C18H13O4P/c19-15-9-3-1-6-12(15)13-8-5-11-17(23(21)22)18(13)14-7-2-4-10-16(14)20/h1-11,19-20H. The minimum atomic E-state index is -2.86. The minimum Gasteiger partial charge on any atom is -0.591 e. The van der Waals surface area contributed by atoms with Crippen LogP contribution in [0.2, 0.25) is 0 Å². The molecule has 3 aromatic rings. The zero-order valence-electron chi connectivity index (χ0n) is 12.0. The lowest BCUT2D eigenvalue weighted by Crippen LogP contribution is -2.09. The smallest absolute Gasteiger partial charge is 0.349 e. The van der Waals surface area contributed by atoms with Crippen molar-refractivity contribution in [3.63, 3.8) is 0 Å². The van der Waals surface area contributed by atoms with Crippen LogP contribution in [-0.4, -0.2) is 10.2 Å². The fourth-order valence-electron chi connectivity index (χ4n) is 2.59. The summed E-state index contributed by atoms with van der Waals surface area (Å²) in [6, 6.07) is 18.0. The van der Waals surface area contributed by atoms with Crippen molar-refractivity contribution < 1.29 is 19.7 Å². The Balaban J connectivity index is 2.39. The van der Waals surface area contributed by atoms with Crippen LogP contribution < -0.4 is 10.2 Å². The van der Waals surface area contributed by atoms with Crippen LogP contribution in [0.4, 0.5) is 0 Å². The predicted octanol–water partition coefficient (Wildman–Crippen LogP) is 3.16. The molecule has 0 aliphatic heterocycles. The second-order valence-electron chi connectivity index (χ2n) is 4.99.